The maximum Gasteiger partial charge on any atom is 0.319 e. The second-order valence-electron chi connectivity index (χ2n) is 4.33. The summed E-state index contributed by atoms with van der Waals surface area (Å²) in [5.41, 5.74) is 1.46. The molecule has 1 rings (SSSR count). The van der Waals surface area contributed by atoms with Crippen molar-refractivity contribution in [2.75, 3.05) is 5.32 Å². The van der Waals surface area contributed by atoms with Crippen LogP contribution >= 0.6 is 0 Å². The summed E-state index contributed by atoms with van der Waals surface area (Å²) in [6, 6.07) is 8.12. The molecule has 0 fully saturated rings. The molecule has 0 spiro atoms. The SMILES string of the molecule is CCC(CC(=O)O)NC(=O)Nc1ccc(CC#N)cc1. The normalized spacial score (nSPS) is 11.2. The predicted molar refractivity (Wildman–Crippen MR) is 74.2 cm³/mol. The quantitative estimate of drug-likeness (QED) is 0.740. The standard InChI is InChI=1S/C14H17N3O3/c1-2-11(9-13(18)19)16-14(20)17-12-5-3-10(4-6-12)7-8-15/h3-6,11H,2,7,9H2,1H3,(H,18,19)(H2,16,17,20). The van der Waals surface area contributed by atoms with Gasteiger partial charge in [-0.3, -0.25) is 4.79 Å². The van der Waals surface area contributed by atoms with Gasteiger partial charge in [-0.1, -0.05) is 19.1 Å². The van der Waals surface area contributed by atoms with Gasteiger partial charge in [0.25, 0.3) is 0 Å². The molecular formula is C14H17N3O3. The fourth-order valence-corrected chi connectivity index (χ4v) is 1.66. The predicted octanol–water partition coefficient (Wildman–Crippen LogP) is 2.13. The Kier molecular flexibility index (Phi) is 6.04. The Labute approximate surface area is 117 Å². The number of hydrogen-bond acceptors (Lipinski definition) is 3. The number of benzene rings is 1. The molecule has 0 aliphatic rings. The van der Waals surface area contributed by atoms with Gasteiger partial charge >= 0.3 is 12.0 Å². The largest absolute Gasteiger partial charge is 0.481 e. The summed E-state index contributed by atoms with van der Waals surface area (Å²) < 4.78 is 0. The van der Waals surface area contributed by atoms with Crippen LogP contribution in [0.3, 0.4) is 0 Å². The average molecular weight is 275 g/mol. The lowest BCUT2D eigenvalue weighted by molar-refractivity contribution is -0.137. The van der Waals surface area contributed by atoms with E-state index in [0.717, 1.165) is 5.56 Å². The molecule has 3 N–H and O–H groups in total. The van der Waals surface area contributed by atoms with E-state index < -0.39 is 18.0 Å². The highest BCUT2D eigenvalue weighted by Crippen LogP contribution is 2.10. The topological polar surface area (TPSA) is 102 Å². The van der Waals surface area contributed by atoms with E-state index in [2.05, 4.69) is 10.6 Å². The lowest BCUT2D eigenvalue weighted by Gasteiger charge is -2.15. The lowest BCUT2D eigenvalue weighted by atomic mass is 10.1. The van der Waals surface area contributed by atoms with Gasteiger partial charge in [0.1, 0.15) is 0 Å². The van der Waals surface area contributed by atoms with E-state index in [-0.39, 0.29) is 6.42 Å². The van der Waals surface area contributed by atoms with Crippen molar-refractivity contribution in [1.82, 2.24) is 5.32 Å². The molecule has 0 saturated heterocycles. The Bertz CT molecular complexity index is 505. The van der Waals surface area contributed by atoms with Crippen molar-refractivity contribution < 1.29 is 14.7 Å². The minimum Gasteiger partial charge on any atom is -0.481 e. The van der Waals surface area contributed by atoms with Gasteiger partial charge in [-0.2, -0.15) is 5.26 Å². The fraction of sp³-hybridized carbons (Fsp3) is 0.357. The van der Waals surface area contributed by atoms with E-state index >= 15 is 0 Å². The number of carboxylic acids is 1. The molecule has 106 valence electrons. The Morgan fingerprint density at radius 3 is 2.50 bits per heavy atom. The summed E-state index contributed by atoms with van der Waals surface area (Å²) >= 11 is 0. The van der Waals surface area contributed by atoms with Crippen molar-refractivity contribution in [3.8, 4) is 6.07 Å². The minimum absolute atomic E-state index is 0.106. The first-order chi connectivity index (χ1) is 9.55. The second-order valence-corrected chi connectivity index (χ2v) is 4.33. The number of carbonyl (C=O) groups is 2. The Hall–Kier alpha value is -2.55. The monoisotopic (exact) mass is 275 g/mol. The lowest BCUT2D eigenvalue weighted by Crippen LogP contribution is -2.38. The molecule has 1 unspecified atom stereocenters. The van der Waals surface area contributed by atoms with E-state index in [1.807, 2.05) is 13.0 Å². The molecule has 2 amide bonds. The zero-order chi connectivity index (χ0) is 15.0. The van der Waals surface area contributed by atoms with Crippen LogP contribution in [0.5, 0.6) is 0 Å². The van der Waals surface area contributed by atoms with Gasteiger partial charge < -0.3 is 15.7 Å². The molecule has 6 heteroatoms. The number of anilines is 1. The van der Waals surface area contributed by atoms with Gasteiger partial charge in [0.15, 0.2) is 0 Å². The van der Waals surface area contributed by atoms with Crippen LogP contribution in [0.4, 0.5) is 10.5 Å². The van der Waals surface area contributed by atoms with Crippen LogP contribution < -0.4 is 10.6 Å². The number of rotatable bonds is 6. The molecule has 0 radical (unpaired) electrons. The van der Waals surface area contributed by atoms with Crippen molar-refractivity contribution in [3.05, 3.63) is 29.8 Å². The second kappa shape index (κ2) is 7.79. The number of nitrogens with one attached hydrogen (secondary N) is 2. The highest BCUT2D eigenvalue weighted by molar-refractivity contribution is 5.89. The molecule has 1 atom stereocenters. The van der Waals surface area contributed by atoms with Crippen LogP contribution in [0.2, 0.25) is 0 Å². The highest BCUT2D eigenvalue weighted by Gasteiger charge is 2.13. The summed E-state index contributed by atoms with van der Waals surface area (Å²) in [5.74, 6) is -0.946. The molecule has 20 heavy (non-hydrogen) atoms. The third kappa shape index (κ3) is 5.40. The van der Waals surface area contributed by atoms with Crippen LogP contribution in [-0.2, 0) is 11.2 Å². The molecule has 0 aliphatic carbocycles. The van der Waals surface area contributed by atoms with E-state index in [9.17, 15) is 9.59 Å². The van der Waals surface area contributed by atoms with Gasteiger partial charge in [-0.05, 0) is 24.1 Å². The van der Waals surface area contributed by atoms with Crippen LogP contribution in [0.15, 0.2) is 24.3 Å². The van der Waals surface area contributed by atoms with Gasteiger partial charge in [-0.25, -0.2) is 4.79 Å². The van der Waals surface area contributed by atoms with E-state index in [0.29, 0.717) is 18.5 Å². The third-order valence-electron chi connectivity index (χ3n) is 2.74. The first-order valence-electron chi connectivity index (χ1n) is 6.30. The summed E-state index contributed by atoms with van der Waals surface area (Å²) in [7, 11) is 0. The number of urea groups is 1. The summed E-state index contributed by atoms with van der Waals surface area (Å²) in [4.78, 5) is 22.3. The zero-order valence-electron chi connectivity index (χ0n) is 11.2. The van der Waals surface area contributed by atoms with E-state index in [1.165, 1.54) is 0 Å². The first kappa shape index (κ1) is 15.5. The zero-order valence-corrected chi connectivity index (χ0v) is 11.2. The molecule has 0 saturated carbocycles. The number of aliphatic carboxylic acids is 1. The summed E-state index contributed by atoms with van der Waals surface area (Å²) in [6.45, 7) is 1.81. The number of carbonyl (C=O) groups excluding carboxylic acids is 1. The number of amides is 2. The maximum atomic E-state index is 11.7. The summed E-state index contributed by atoms with van der Waals surface area (Å²) in [6.07, 6.45) is 0.759. The highest BCUT2D eigenvalue weighted by atomic mass is 16.4. The number of nitrogens with zero attached hydrogens (tertiary/aromatic N) is 1. The van der Waals surface area contributed by atoms with Crippen molar-refractivity contribution in [2.24, 2.45) is 0 Å². The van der Waals surface area contributed by atoms with Crippen LogP contribution in [0, 0.1) is 11.3 Å². The molecule has 0 bridgehead atoms. The van der Waals surface area contributed by atoms with Crippen LogP contribution in [0.1, 0.15) is 25.3 Å². The Morgan fingerprint density at radius 1 is 1.35 bits per heavy atom. The molecule has 0 aliphatic heterocycles. The van der Waals surface area contributed by atoms with E-state index in [1.54, 1.807) is 24.3 Å². The molecular weight excluding hydrogens is 258 g/mol. The maximum absolute atomic E-state index is 11.7. The minimum atomic E-state index is -0.946. The third-order valence-corrected chi connectivity index (χ3v) is 2.74. The van der Waals surface area contributed by atoms with Crippen LogP contribution in [0.25, 0.3) is 0 Å². The van der Waals surface area contributed by atoms with Gasteiger partial charge in [0, 0.05) is 11.7 Å². The van der Waals surface area contributed by atoms with Gasteiger partial charge in [0.2, 0.25) is 0 Å². The summed E-state index contributed by atoms with van der Waals surface area (Å²) in [5, 5.41) is 22.5. The van der Waals surface area contributed by atoms with Crippen LogP contribution in [-0.4, -0.2) is 23.1 Å². The molecule has 6 nitrogen and oxygen atoms in total. The average Bonchev–Trinajstić information content (AvgIpc) is 2.40. The van der Waals surface area contributed by atoms with Crippen molar-refractivity contribution in [1.29, 1.82) is 5.26 Å². The smallest absolute Gasteiger partial charge is 0.319 e. The van der Waals surface area contributed by atoms with Crippen molar-refractivity contribution in [3.63, 3.8) is 0 Å². The Morgan fingerprint density at radius 2 is 2.00 bits per heavy atom. The number of hydrogen-bond donors (Lipinski definition) is 3. The van der Waals surface area contributed by atoms with Crippen molar-refractivity contribution in [2.45, 2.75) is 32.2 Å². The molecule has 0 heterocycles. The first-order valence-corrected chi connectivity index (χ1v) is 6.30. The Balaban J connectivity index is 2.53. The van der Waals surface area contributed by atoms with Gasteiger partial charge in [0.05, 0.1) is 18.9 Å². The number of nitriles is 1. The molecule has 1 aromatic carbocycles. The molecule has 1 aromatic rings. The van der Waals surface area contributed by atoms with E-state index in [4.69, 9.17) is 10.4 Å². The van der Waals surface area contributed by atoms with Crippen molar-refractivity contribution >= 4 is 17.7 Å². The number of carboxylic acid groups (broad SMARTS) is 1. The fourth-order valence-electron chi connectivity index (χ4n) is 1.66. The molecule has 0 aromatic heterocycles. The van der Waals surface area contributed by atoms with Gasteiger partial charge in [-0.15, -0.1) is 0 Å².